The van der Waals surface area contributed by atoms with Crippen molar-refractivity contribution < 1.29 is 5.11 Å². The molecule has 1 atom stereocenters. The predicted octanol–water partition coefficient (Wildman–Crippen LogP) is 2.59. The van der Waals surface area contributed by atoms with E-state index in [9.17, 15) is 0 Å². The minimum absolute atomic E-state index is 0.230. The molecule has 0 fully saturated rings. The van der Waals surface area contributed by atoms with Gasteiger partial charge in [0.05, 0.1) is 6.10 Å². The van der Waals surface area contributed by atoms with Crippen molar-refractivity contribution in [2.45, 2.75) is 24.3 Å². The van der Waals surface area contributed by atoms with Crippen molar-refractivity contribution in [3.05, 3.63) is 24.3 Å². The number of hydrogen-bond donors (Lipinski definition) is 2. The summed E-state index contributed by atoms with van der Waals surface area (Å²) in [5.41, 5.74) is 1.12. The third kappa shape index (κ3) is 4.03. The number of anilines is 1. The number of benzene rings is 1. The van der Waals surface area contributed by atoms with Gasteiger partial charge in [-0.2, -0.15) is 0 Å². The number of aliphatic hydroxyl groups is 1. The largest absolute Gasteiger partial charge is 0.393 e. The fraction of sp³-hybridized carbons (Fsp3) is 0.455. The van der Waals surface area contributed by atoms with Crippen molar-refractivity contribution in [3.8, 4) is 0 Å². The van der Waals surface area contributed by atoms with E-state index in [0.29, 0.717) is 0 Å². The molecule has 0 spiro atoms. The molecule has 1 aromatic carbocycles. The van der Waals surface area contributed by atoms with Crippen LogP contribution < -0.4 is 5.32 Å². The van der Waals surface area contributed by atoms with Gasteiger partial charge in [-0.3, -0.25) is 0 Å². The molecule has 1 rings (SSSR count). The molecule has 2 N–H and O–H groups in total. The van der Waals surface area contributed by atoms with E-state index >= 15 is 0 Å². The molecule has 0 amide bonds. The van der Waals surface area contributed by atoms with Crippen molar-refractivity contribution in [3.63, 3.8) is 0 Å². The van der Waals surface area contributed by atoms with Crippen LogP contribution in [0.4, 0.5) is 5.69 Å². The predicted molar refractivity (Wildman–Crippen MR) is 63.0 cm³/mol. The molecule has 0 aliphatic rings. The highest BCUT2D eigenvalue weighted by Gasteiger charge is 1.96. The van der Waals surface area contributed by atoms with Gasteiger partial charge in [0, 0.05) is 17.1 Å². The van der Waals surface area contributed by atoms with E-state index in [1.807, 2.05) is 12.1 Å². The van der Waals surface area contributed by atoms with Crippen LogP contribution in [0.25, 0.3) is 0 Å². The molecule has 0 bridgehead atoms. The summed E-state index contributed by atoms with van der Waals surface area (Å²) >= 11 is 1.73. The van der Waals surface area contributed by atoms with Gasteiger partial charge in [0.15, 0.2) is 0 Å². The lowest BCUT2D eigenvalue weighted by atomic mass is 10.2. The summed E-state index contributed by atoms with van der Waals surface area (Å²) in [4.78, 5) is 1.26. The molecular formula is C11H17NOS. The van der Waals surface area contributed by atoms with Crippen molar-refractivity contribution in [2.75, 3.05) is 18.1 Å². The van der Waals surface area contributed by atoms with Gasteiger partial charge in [-0.1, -0.05) is 6.07 Å². The summed E-state index contributed by atoms with van der Waals surface area (Å²) in [6, 6.07) is 8.29. The summed E-state index contributed by atoms with van der Waals surface area (Å²) in [6.45, 7) is 2.62. The molecule has 1 unspecified atom stereocenters. The van der Waals surface area contributed by atoms with Gasteiger partial charge in [-0.15, -0.1) is 11.8 Å². The zero-order valence-corrected chi connectivity index (χ0v) is 9.47. The monoisotopic (exact) mass is 211 g/mol. The van der Waals surface area contributed by atoms with Gasteiger partial charge in [0.2, 0.25) is 0 Å². The molecule has 0 heterocycles. The highest BCUT2D eigenvalue weighted by atomic mass is 32.2. The standard InChI is InChI=1S/C11H17NOS/c1-9(13)6-7-12-10-4-3-5-11(8-10)14-2/h3-5,8-9,12-13H,6-7H2,1-2H3. The lowest BCUT2D eigenvalue weighted by molar-refractivity contribution is 0.189. The van der Waals surface area contributed by atoms with Crippen molar-refractivity contribution in [1.29, 1.82) is 0 Å². The molecule has 1 aromatic rings. The number of thioether (sulfide) groups is 1. The van der Waals surface area contributed by atoms with Crippen LogP contribution in [0.5, 0.6) is 0 Å². The highest BCUT2D eigenvalue weighted by Crippen LogP contribution is 2.18. The molecule has 0 aromatic heterocycles. The smallest absolute Gasteiger partial charge is 0.0528 e. The summed E-state index contributed by atoms with van der Waals surface area (Å²) in [6.07, 6.45) is 2.62. The van der Waals surface area contributed by atoms with Gasteiger partial charge in [-0.05, 0) is 37.8 Å². The fourth-order valence-electron chi connectivity index (χ4n) is 1.16. The van der Waals surface area contributed by atoms with E-state index in [2.05, 4.69) is 23.7 Å². The molecule has 3 heteroatoms. The SMILES string of the molecule is CSc1cccc(NCCC(C)O)c1. The normalized spacial score (nSPS) is 12.5. The second kappa shape index (κ2) is 5.94. The Labute approximate surface area is 89.7 Å². The number of hydrogen-bond acceptors (Lipinski definition) is 3. The van der Waals surface area contributed by atoms with E-state index in [4.69, 9.17) is 5.11 Å². The van der Waals surface area contributed by atoms with E-state index in [1.165, 1.54) is 4.90 Å². The topological polar surface area (TPSA) is 32.3 Å². The Hall–Kier alpha value is -0.670. The number of aliphatic hydroxyl groups excluding tert-OH is 1. The van der Waals surface area contributed by atoms with Crippen LogP contribution in [0, 0.1) is 0 Å². The lowest BCUT2D eigenvalue weighted by Crippen LogP contribution is -2.09. The van der Waals surface area contributed by atoms with Gasteiger partial charge in [0.1, 0.15) is 0 Å². The molecule has 78 valence electrons. The van der Waals surface area contributed by atoms with E-state index in [-0.39, 0.29) is 6.10 Å². The lowest BCUT2D eigenvalue weighted by Gasteiger charge is -2.08. The Balaban J connectivity index is 2.42. The van der Waals surface area contributed by atoms with E-state index in [0.717, 1.165) is 18.7 Å². The van der Waals surface area contributed by atoms with Crippen LogP contribution in [0.15, 0.2) is 29.2 Å². The Morgan fingerprint density at radius 2 is 2.29 bits per heavy atom. The average Bonchev–Trinajstić information content (AvgIpc) is 2.18. The van der Waals surface area contributed by atoms with Gasteiger partial charge < -0.3 is 10.4 Å². The second-order valence-corrected chi connectivity index (χ2v) is 4.18. The first-order valence-electron chi connectivity index (χ1n) is 4.78. The fourth-order valence-corrected chi connectivity index (χ4v) is 1.62. The van der Waals surface area contributed by atoms with Crippen LogP contribution in [0.1, 0.15) is 13.3 Å². The Kier molecular flexibility index (Phi) is 4.84. The maximum Gasteiger partial charge on any atom is 0.0528 e. The van der Waals surface area contributed by atoms with Gasteiger partial charge >= 0.3 is 0 Å². The molecule has 2 nitrogen and oxygen atoms in total. The first-order valence-corrected chi connectivity index (χ1v) is 6.01. The summed E-state index contributed by atoms with van der Waals surface area (Å²) < 4.78 is 0. The summed E-state index contributed by atoms with van der Waals surface area (Å²) in [7, 11) is 0. The van der Waals surface area contributed by atoms with Crippen LogP contribution >= 0.6 is 11.8 Å². The van der Waals surface area contributed by atoms with Crippen molar-refractivity contribution >= 4 is 17.4 Å². The van der Waals surface area contributed by atoms with Gasteiger partial charge in [0.25, 0.3) is 0 Å². The second-order valence-electron chi connectivity index (χ2n) is 3.30. The maximum absolute atomic E-state index is 9.09. The number of rotatable bonds is 5. The minimum Gasteiger partial charge on any atom is -0.393 e. The van der Waals surface area contributed by atoms with Gasteiger partial charge in [-0.25, -0.2) is 0 Å². The molecule has 0 radical (unpaired) electrons. The number of nitrogens with one attached hydrogen (secondary N) is 1. The Bertz CT molecular complexity index is 276. The Morgan fingerprint density at radius 1 is 1.50 bits per heavy atom. The molecule has 14 heavy (non-hydrogen) atoms. The summed E-state index contributed by atoms with van der Waals surface area (Å²) in [5, 5.41) is 12.4. The third-order valence-electron chi connectivity index (χ3n) is 1.96. The highest BCUT2D eigenvalue weighted by molar-refractivity contribution is 7.98. The zero-order valence-electron chi connectivity index (χ0n) is 8.66. The molecule has 0 saturated heterocycles. The molecule has 0 aliphatic carbocycles. The molecular weight excluding hydrogens is 194 g/mol. The first-order chi connectivity index (χ1) is 6.72. The third-order valence-corrected chi connectivity index (χ3v) is 2.69. The minimum atomic E-state index is -0.230. The first kappa shape index (κ1) is 11.4. The molecule has 0 saturated carbocycles. The van der Waals surface area contributed by atoms with Crippen LogP contribution in [0.2, 0.25) is 0 Å². The molecule has 0 aliphatic heterocycles. The van der Waals surface area contributed by atoms with Crippen molar-refractivity contribution in [1.82, 2.24) is 0 Å². The summed E-state index contributed by atoms with van der Waals surface area (Å²) in [5.74, 6) is 0. The Morgan fingerprint density at radius 3 is 2.93 bits per heavy atom. The van der Waals surface area contributed by atoms with Crippen LogP contribution in [0.3, 0.4) is 0 Å². The average molecular weight is 211 g/mol. The van der Waals surface area contributed by atoms with E-state index in [1.54, 1.807) is 18.7 Å². The van der Waals surface area contributed by atoms with E-state index < -0.39 is 0 Å². The van der Waals surface area contributed by atoms with Crippen LogP contribution in [-0.2, 0) is 0 Å². The van der Waals surface area contributed by atoms with Crippen molar-refractivity contribution in [2.24, 2.45) is 0 Å². The maximum atomic E-state index is 9.09. The quantitative estimate of drug-likeness (QED) is 0.734. The zero-order chi connectivity index (χ0) is 10.4. The van der Waals surface area contributed by atoms with Crippen LogP contribution in [-0.4, -0.2) is 24.0 Å².